The van der Waals surface area contributed by atoms with E-state index in [1.807, 2.05) is 25.1 Å². The molecule has 3 aliphatic carbocycles. The van der Waals surface area contributed by atoms with Crippen LogP contribution in [0.4, 0.5) is 0 Å². The molecular weight excluding hydrogens is 420 g/mol. The zero-order valence-electron chi connectivity index (χ0n) is 20.9. The number of rotatable bonds is 2. The molecule has 0 heterocycles. The lowest BCUT2D eigenvalue weighted by atomic mass is 9.44. The summed E-state index contributed by atoms with van der Waals surface area (Å²) >= 11 is 0. The van der Waals surface area contributed by atoms with Crippen molar-refractivity contribution in [3.05, 3.63) is 66.3 Å². The Bertz CT molecular complexity index is 1180. The van der Waals surface area contributed by atoms with Crippen molar-refractivity contribution in [3.63, 3.8) is 0 Å². The molecule has 2 aromatic rings. The summed E-state index contributed by atoms with van der Waals surface area (Å²) in [6.07, 6.45) is 5.48. The molecule has 2 bridgehead atoms. The maximum Gasteiger partial charge on any atom is 0.163 e. The quantitative estimate of drug-likeness (QED) is 0.417. The second kappa shape index (κ2) is 7.90. The van der Waals surface area contributed by atoms with E-state index in [0.717, 1.165) is 29.4 Å². The van der Waals surface area contributed by atoms with Crippen LogP contribution in [-0.2, 0) is 4.79 Å². The molecule has 180 valence electrons. The Morgan fingerprint density at radius 3 is 2.47 bits per heavy atom. The largest absolute Gasteiger partial charge is 0.392 e. The van der Waals surface area contributed by atoms with Crippen LogP contribution in [0, 0.1) is 34.0 Å². The number of fused-ring (bicyclic) bond motifs is 1. The highest BCUT2D eigenvalue weighted by Crippen LogP contribution is 2.68. The van der Waals surface area contributed by atoms with Crippen LogP contribution < -0.4 is 0 Å². The average molecular weight is 459 g/mol. The summed E-state index contributed by atoms with van der Waals surface area (Å²) in [7, 11) is 0. The summed E-state index contributed by atoms with van der Waals surface area (Å²) in [5.74, 6) is 0.0272. The van der Waals surface area contributed by atoms with Crippen molar-refractivity contribution >= 4 is 22.6 Å². The van der Waals surface area contributed by atoms with Gasteiger partial charge in [0, 0.05) is 16.7 Å². The minimum absolute atomic E-state index is 0.0775. The number of benzene rings is 2. The number of carbonyl (C=O) groups excluding carboxylic acids is 1. The van der Waals surface area contributed by atoms with Gasteiger partial charge < -0.3 is 10.2 Å². The van der Waals surface area contributed by atoms with Crippen LogP contribution in [0.1, 0.15) is 58.9 Å². The van der Waals surface area contributed by atoms with Crippen LogP contribution in [0.3, 0.4) is 0 Å². The van der Waals surface area contributed by atoms with Crippen molar-refractivity contribution in [3.8, 4) is 0 Å². The number of hydrogen-bond donors (Lipinski definition) is 2. The Labute approximate surface area is 203 Å². The molecule has 0 saturated heterocycles. The van der Waals surface area contributed by atoms with Crippen LogP contribution in [0.2, 0.25) is 0 Å². The third kappa shape index (κ3) is 3.13. The number of hydrogen-bond acceptors (Lipinski definition) is 3. The summed E-state index contributed by atoms with van der Waals surface area (Å²) in [5, 5.41) is 25.6. The van der Waals surface area contributed by atoms with Crippen LogP contribution in [0.25, 0.3) is 16.8 Å². The van der Waals surface area contributed by atoms with Gasteiger partial charge in [0.05, 0.1) is 12.2 Å². The molecule has 2 aromatic carbocycles. The Hall–Kier alpha value is -2.23. The van der Waals surface area contributed by atoms with E-state index < -0.39 is 23.0 Å². The van der Waals surface area contributed by atoms with Crippen molar-refractivity contribution in [2.75, 3.05) is 0 Å². The maximum absolute atomic E-state index is 14.2. The van der Waals surface area contributed by atoms with E-state index in [1.54, 1.807) is 0 Å². The van der Waals surface area contributed by atoms with Crippen molar-refractivity contribution in [2.45, 2.75) is 65.6 Å². The first kappa shape index (κ1) is 23.5. The van der Waals surface area contributed by atoms with E-state index in [4.69, 9.17) is 0 Å². The van der Waals surface area contributed by atoms with E-state index in [9.17, 15) is 15.0 Å². The zero-order chi connectivity index (χ0) is 24.5. The normalized spacial score (nSPS) is 43.4. The molecule has 2 N–H and O–H groups in total. The van der Waals surface area contributed by atoms with Gasteiger partial charge in [0.2, 0.25) is 0 Å². The van der Waals surface area contributed by atoms with Crippen molar-refractivity contribution in [1.29, 1.82) is 0 Å². The molecule has 0 aliphatic heterocycles. The Kier molecular flexibility index (Phi) is 5.46. The van der Waals surface area contributed by atoms with Gasteiger partial charge >= 0.3 is 0 Å². The number of Topliss-reactive ketones (excluding diaryl/α,β-unsaturated/α-hetero) is 1. The first-order valence-electron chi connectivity index (χ1n) is 12.8. The van der Waals surface area contributed by atoms with Crippen LogP contribution in [0.15, 0.2) is 60.7 Å². The van der Waals surface area contributed by atoms with Crippen LogP contribution in [0.5, 0.6) is 0 Å². The first-order chi connectivity index (χ1) is 16.1. The first-order valence-corrected chi connectivity index (χ1v) is 12.8. The van der Waals surface area contributed by atoms with Gasteiger partial charge in [0.1, 0.15) is 0 Å². The summed E-state index contributed by atoms with van der Waals surface area (Å²) in [6, 6.07) is 14.6. The molecule has 34 heavy (non-hydrogen) atoms. The number of aliphatic hydroxyl groups is 2. The highest BCUT2D eigenvalue weighted by atomic mass is 16.3. The van der Waals surface area contributed by atoms with Gasteiger partial charge in [0.15, 0.2) is 5.78 Å². The van der Waals surface area contributed by atoms with E-state index in [-0.39, 0.29) is 29.0 Å². The van der Waals surface area contributed by atoms with Crippen molar-refractivity contribution in [2.24, 2.45) is 34.0 Å². The fraction of sp³-hybridized carbons (Fsp3) is 0.516. The predicted molar refractivity (Wildman–Crippen MR) is 138 cm³/mol. The molecule has 3 saturated carbocycles. The van der Waals surface area contributed by atoms with E-state index in [1.165, 1.54) is 5.39 Å². The smallest absolute Gasteiger partial charge is 0.163 e. The number of allylic oxidation sites excluding steroid dienone is 1. The second-order valence-electron chi connectivity index (χ2n) is 12.0. The minimum atomic E-state index is -0.679. The second-order valence-corrected chi connectivity index (χ2v) is 12.0. The average Bonchev–Trinajstić information content (AvgIpc) is 3.12. The van der Waals surface area contributed by atoms with Gasteiger partial charge in [-0.15, -0.1) is 6.58 Å². The molecule has 0 unspecified atom stereocenters. The molecule has 3 fully saturated rings. The van der Waals surface area contributed by atoms with Crippen molar-refractivity contribution < 1.29 is 15.0 Å². The van der Waals surface area contributed by atoms with Crippen LogP contribution >= 0.6 is 0 Å². The highest BCUT2D eigenvalue weighted by molar-refractivity contribution is 6.05. The fourth-order valence-electron chi connectivity index (χ4n) is 7.85. The highest BCUT2D eigenvalue weighted by Gasteiger charge is 2.68. The van der Waals surface area contributed by atoms with E-state index in [0.29, 0.717) is 12.8 Å². The van der Waals surface area contributed by atoms with Gasteiger partial charge in [-0.25, -0.2) is 0 Å². The lowest BCUT2D eigenvalue weighted by Crippen LogP contribution is -2.62. The molecule has 0 spiro atoms. The van der Waals surface area contributed by atoms with Crippen molar-refractivity contribution in [1.82, 2.24) is 0 Å². The van der Waals surface area contributed by atoms with E-state index >= 15 is 0 Å². The molecule has 0 aromatic heterocycles. The summed E-state index contributed by atoms with van der Waals surface area (Å²) < 4.78 is 0. The lowest BCUT2D eigenvalue weighted by molar-refractivity contribution is -0.191. The third-order valence-electron chi connectivity index (χ3n) is 10.4. The number of ketones is 1. The van der Waals surface area contributed by atoms with Gasteiger partial charge in [-0.3, -0.25) is 4.79 Å². The number of aliphatic hydroxyl groups excluding tert-OH is 2. The maximum atomic E-state index is 14.2. The van der Waals surface area contributed by atoms with Gasteiger partial charge in [-0.2, -0.15) is 0 Å². The predicted octanol–water partition coefficient (Wildman–Crippen LogP) is 6.19. The summed E-state index contributed by atoms with van der Waals surface area (Å²) in [5.41, 5.74) is 0.390. The Morgan fingerprint density at radius 1 is 1.06 bits per heavy atom. The molecule has 5 rings (SSSR count). The molecule has 3 aliphatic rings. The standard InChI is InChI=1S/C31H38O3/c1-6-29(4)18-25(32)30(5)19(2)13-14-31(20(3)28(29)34)17-24(26(33)27(30)31)16-21-11-12-22-9-7-8-10-23(22)15-21/h6-12,15-16,19-20,25,27-28,32,34H,1,13-14,17-18H2,2-5H3/b24-16+/t19-,20+,25-,27+,28+,29-,30+,31+/m1/s1. The van der Waals surface area contributed by atoms with Gasteiger partial charge in [0.25, 0.3) is 0 Å². The molecular formula is C31H38O3. The summed E-state index contributed by atoms with van der Waals surface area (Å²) in [6.45, 7) is 12.5. The Morgan fingerprint density at radius 2 is 1.76 bits per heavy atom. The zero-order valence-corrected chi connectivity index (χ0v) is 20.9. The lowest BCUT2D eigenvalue weighted by Gasteiger charge is -2.61. The SMILES string of the molecule is C=C[C@]1(C)C[C@@H](O)[C@]2(C)[C@H](C)CC[C@]3(C/C(=C\c4ccc5ccccc5c4)C(=O)[C@H]32)[C@@H](C)[C@@H]1O. The fourth-order valence-corrected chi connectivity index (χ4v) is 7.85. The van der Waals surface area contributed by atoms with Gasteiger partial charge in [-0.1, -0.05) is 70.2 Å². The third-order valence-corrected chi connectivity index (χ3v) is 10.4. The molecule has 0 amide bonds. The topological polar surface area (TPSA) is 57.5 Å². The van der Waals surface area contributed by atoms with Crippen LogP contribution in [-0.4, -0.2) is 28.2 Å². The minimum Gasteiger partial charge on any atom is -0.392 e. The molecule has 3 heteroatoms. The molecule has 3 nitrogen and oxygen atoms in total. The van der Waals surface area contributed by atoms with Gasteiger partial charge in [-0.05, 0) is 77.0 Å². The van der Waals surface area contributed by atoms with E-state index in [2.05, 4.69) is 63.8 Å². The Balaban J connectivity index is 1.66. The monoisotopic (exact) mass is 458 g/mol. The molecule has 0 radical (unpaired) electrons. The number of carbonyl (C=O) groups is 1. The molecule has 8 atom stereocenters. The summed E-state index contributed by atoms with van der Waals surface area (Å²) in [4.78, 5) is 14.2.